The molecule has 0 radical (unpaired) electrons. The first-order valence-electron chi connectivity index (χ1n) is 6.84. The van der Waals surface area contributed by atoms with Crippen LogP contribution >= 0.6 is 11.8 Å². The lowest BCUT2D eigenvalue weighted by atomic mass is 9.70. The number of benzene rings is 1. The number of thioether (sulfide) groups is 1. The van der Waals surface area contributed by atoms with E-state index in [1.54, 1.807) is 26.0 Å². The fourth-order valence-electron chi connectivity index (χ4n) is 3.14. The number of hydrogen-bond acceptors (Lipinski definition) is 5. The summed E-state index contributed by atoms with van der Waals surface area (Å²) in [7, 11) is 3.34. The standard InChI is InChI=1S/C15H20O4S/c1-17-15(18-2)9-12-11(15)8-13(14(16)19-12)20-10-6-4-3-5-7-10/h3-7,11-14,16H,8-9H2,1-2H3. The van der Waals surface area contributed by atoms with E-state index in [0.717, 1.165) is 11.3 Å². The molecular formula is C15H20O4S. The largest absolute Gasteiger partial charge is 0.367 e. The highest BCUT2D eigenvalue weighted by atomic mass is 32.2. The molecule has 1 N–H and O–H groups in total. The summed E-state index contributed by atoms with van der Waals surface area (Å²) in [6.07, 6.45) is 0.822. The molecule has 1 aliphatic carbocycles. The molecule has 5 heteroatoms. The Bertz CT molecular complexity index is 448. The Morgan fingerprint density at radius 2 is 1.95 bits per heavy atom. The number of aliphatic hydroxyl groups is 1. The van der Waals surface area contributed by atoms with Gasteiger partial charge in [-0.1, -0.05) is 18.2 Å². The fourth-order valence-corrected chi connectivity index (χ4v) is 4.29. The molecule has 2 aliphatic rings. The van der Waals surface area contributed by atoms with Crippen molar-refractivity contribution >= 4 is 11.8 Å². The lowest BCUT2D eigenvalue weighted by molar-refractivity contribution is -0.361. The molecule has 1 aliphatic heterocycles. The molecule has 1 saturated carbocycles. The molecule has 0 amide bonds. The maximum absolute atomic E-state index is 10.1. The summed E-state index contributed by atoms with van der Waals surface area (Å²) in [5, 5.41) is 10.1. The molecule has 0 spiro atoms. The monoisotopic (exact) mass is 296 g/mol. The molecule has 1 heterocycles. The third-order valence-corrected chi connectivity index (χ3v) is 5.61. The summed E-state index contributed by atoms with van der Waals surface area (Å²) in [5.41, 5.74) is 0. The summed E-state index contributed by atoms with van der Waals surface area (Å²) < 4.78 is 16.8. The summed E-state index contributed by atoms with van der Waals surface area (Å²) >= 11 is 1.65. The summed E-state index contributed by atoms with van der Waals surface area (Å²) in [6, 6.07) is 10.1. The second kappa shape index (κ2) is 5.66. The van der Waals surface area contributed by atoms with Gasteiger partial charge in [-0.25, -0.2) is 0 Å². The molecule has 4 atom stereocenters. The summed E-state index contributed by atoms with van der Waals surface area (Å²) in [5.74, 6) is -0.359. The van der Waals surface area contributed by atoms with Gasteiger partial charge in [0.1, 0.15) is 0 Å². The van der Waals surface area contributed by atoms with Gasteiger partial charge in [0, 0.05) is 31.5 Å². The minimum atomic E-state index is -0.729. The Morgan fingerprint density at radius 1 is 1.25 bits per heavy atom. The Hall–Kier alpha value is -0.590. The van der Waals surface area contributed by atoms with E-state index in [9.17, 15) is 5.11 Å². The minimum Gasteiger partial charge on any atom is -0.367 e. The number of hydrogen-bond donors (Lipinski definition) is 1. The molecule has 2 fully saturated rings. The third kappa shape index (κ3) is 2.38. The lowest BCUT2D eigenvalue weighted by Crippen LogP contribution is -2.65. The van der Waals surface area contributed by atoms with Crippen LogP contribution in [-0.2, 0) is 14.2 Å². The Balaban J connectivity index is 1.70. The lowest BCUT2D eigenvalue weighted by Gasteiger charge is -2.56. The predicted molar refractivity (Wildman–Crippen MR) is 76.4 cm³/mol. The average molecular weight is 296 g/mol. The van der Waals surface area contributed by atoms with E-state index in [4.69, 9.17) is 14.2 Å². The topological polar surface area (TPSA) is 47.9 Å². The zero-order valence-corrected chi connectivity index (χ0v) is 12.5. The molecule has 110 valence electrons. The van der Waals surface area contributed by atoms with Gasteiger partial charge < -0.3 is 19.3 Å². The number of fused-ring (bicyclic) bond motifs is 1. The van der Waals surface area contributed by atoms with Gasteiger partial charge in [0.2, 0.25) is 0 Å². The summed E-state index contributed by atoms with van der Waals surface area (Å²) in [4.78, 5) is 1.14. The zero-order valence-electron chi connectivity index (χ0n) is 11.7. The van der Waals surface area contributed by atoms with E-state index in [1.165, 1.54) is 0 Å². The van der Waals surface area contributed by atoms with Gasteiger partial charge in [0.15, 0.2) is 12.1 Å². The second-order valence-corrected chi connectivity index (χ2v) is 6.61. The van der Waals surface area contributed by atoms with Crippen molar-refractivity contribution in [3.05, 3.63) is 30.3 Å². The number of aliphatic hydroxyl groups excluding tert-OH is 1. The van der Waals surface area contributed by atoms with Crippen LogP contribution in [0, 0.1) is 5.92 Å². The molecular weight excluding hydrogens is 276 g/mol. The number of rotatable bonds is 4. The van der Waals surface area contributed by atoms with E-state index in [-0.39, 0.29) is 17.3 Å². The SMILES string of the molecule is COC1(OC)CC2OC(O)C(Sc3ccccc3)CC21. The van der Waals surface area contributed by atoms with Crippen LogP contribution < -0.4 is 0 Å². The maximum Gasteiger partial charge on any atom is 0.175 e. The highest BCUT2D eigenvalue weighted by molar-refractivity contribution is 8.00. The fraction of sp³-hybridized carbons (Fsp3) is 0.600. The van der Waals surface area contributed by atoms with Crippen molar-refractivity contribution in [2.75, 3.05) is 14.2 Å². The second-order valence-electron chi connectivity index (χ2n) is 5.30. The van der Waals surface area contributed by atoms with Crippen molar-refractivity contribution in [2.24, 2.45) is 5.92 Å². The van der Waals surface area contributed by atoms with Crippen molar-refractivity contribution < 1.29 is 19.3 Å². The van der Waals surface area contributed by atoms with E-state index in [2.05, 4.69) is 0 Å². The first-order valence-corrected chi connectivity index (χ1v) is 7.72. The van der Waals surface area contributed by atoms with Crippen molar-refractivity contribution in [3.63, 3.8) is 0 Å². The number of methoxy groups -OCH3 is 2. The van der Waals surface area contributed by atoms with E-state index in [1.807, 2.05) is 30.3 Å². The quantitative estimate of drug-likeness (QED) is 0.864. The Morgan fingerprint density at radius 3 is 2.60 bits per heavy atom. The number of ether oxygens (including phenoxy) is 3. The van der Waals surface area contributed by atoms with E-state index >= 15 is 0 Å². The van der Waals surface area contributed by atoms with Gasteiger partial charge in [0.05, 0.1) is 11.4 Å². The maximum atomic E-state index is 10.1. The normalized spacial score (nSPS) is 35.1. The molecule has 0 aromatic heterocycles. The van der Waals surface area contributed by atoms with Crippen molar-refractivity contribution in [1.29, 1.82) is 0 Å². The van der Waals surface area contributed by atoms with Crippen LogP contribution in [0.5, 0.6) is 0 Å². The van der Waals surface area contributed by atoms with Crippen LogP contribution in [0.25, 0.3) is 0 Å². The molecule has 1 aromatic carbocycles. The molecule has 3 rings (SSSR count). The van der Waals surface area contributed by atoms with E-state index in [0.29, 0.717) is 6.42 Å². The third-order valence-electron chi connectivity index (χ3n) is 4.34. The zero-order chi connectivity index (χ0) is 14.2. The molecule has 0 bridgehead atoms. The van der Waals surface area contributed by atoms with Crippen molar-refractivity contribution in [3.8, 4) is 0 Å². The van der Waals surface area contributed by atoms with Crippen molar-refractivity contribution in [1.82, 2.24) is 0 Å². The molecule has 4 unspecified atom stereocenters. The van der Waals surface area contributed by atoms with Gasteiger partial charge in [-0.05, 0) is 18.6 Å². The average Bonchev–Trinajstić information content (AvgIpc) is 2.47. The van der Waals surface area contributed by atoms with Gasteiger partial charge in [-0.3, -0.25) is 0 Å². The van der Waals surface area contributed by atoms with Crippen molar-refractivity contribution in [2.45, 2.75) is 41.2 Å². The summed E-state index contributed by atoms with van der Waals surface area (Å²) in [6.45, 7) is 0. The van der Waals surface area contributed by atoms with Crippen LogP contribution in [0.15, 0.2) is 35.2 Å². The Kier molecular flexibility index (Phi) is 4.06. The highest BCUT2D eigenvalue weighted by Crippen LogP contribution is 2.52. The van der Waals surface area contributed by atoms with Gasteiger partial charge >= 0.3 is 0 Å². The predicted octanol–water partition coefficient (Wildman–Crippen LogP) is 2.26. The first-order chi connectivity index (χ1) is 9.68. The van der Waals surface area contributed by atoms with Crippen LogP contribution in [0.1, 0.15) is 12.8 Å². The van der Waals surface area contributed by atoms with Gasteiger partial charge in [-0.15, -0.1) is 11.8 Å². The highest BCUT2D eigenvalue weighted by Gasteiger charge is 2.60. The van der Waals surface area contributed by atoms with Crippen LogP contribution in [0.2, 0.25) is 0 Å². The van der Waals surface area contributed by atoms with E-state index < -0.39 is 12.1 Å². The minimum absolute atomic E-state index is 0.00336. The van der Waals surface area contributed by atoms with Crippen LogP contribution in [-0.4, -0.2) is 42.8 Å². The first kappa shape index (κ1) is 14.4. The molecule has 1 aromatic rings. The van der Waals surface area contributed by atoms with Gasteiger partial charge in [-0.2, -0.15) is 0 Å². The smallest absolute Gasteiger partial charge is 0.175 e. The molecule has 1 saturated heterocycles. The Labute approximate surface area is 123 Å². The van der Waals surface area contributed by atoms with Gasteiger partial charge in [0.25, 0.3) is 0 Å². The molecule has 20 heavy (non-hydrogen) atoms. The molecule has 4 nitrogen and oxygen atoms in total. The van der Waals surface area contributed by atoms with Crippen LogP contribution in [0.4, 0.5) is 0 Å². The van der Waals surface area contributed by atoms with Crippen LogP contribution in [0.3, 0.4) is 0 Å².